The molecule has 0 saturated heterocycles. The van der Waals surface area contributed by atoms with Gasteiger partial charge in [0.05, 0.1) is 10.6 Å². The van der Waals surface area contributed by atoms with Gasteiger partial charge in [0, 0.05) is 18.9 Å². The summed E-state index contributed by atoms with van der Waals surface area (Å²) < 4.78 is 0.848. The fraction of sp³-hybridized carbons (Fsp3) is 0.273. The first-order valence-electron chi connectivity index (χ1n) is 5.17. The van der Waals surface area contributed by atoms with Crippen LogP contribution in [0, 0.1) is 0 Å². The molecule has 2 N–H and O–H groups in total. The van der Waals surface area contributed by atoms with Crippen LogP contribution in [0.1, 0.15) is 18.1 Å². The van der Waals surface area contributed by atoms with Gasteiger partial charge in [-0.05, 0) is 44.7 Å². The molecule has 0 radical (unpaired) electrons. The molecule has 1 atom stereocenters. The van der Waals surface area contributed by atoms with Gasteiger partial charge in [-0.3, -0.25) is 0 Å². The molecule has 90 valence electrons. The number of hydrogen-bond donors (Lipinski definition) is 2. The summed E-state index contributed by atoms with van der Waals surface area (Å²) in [6, 6.07) is 1.94. The number of anilines is 1. The summed E-state index contributed by atoms with van der Waals surface area (Å²) in [4.78, 5) is 8.18. The average Bonchev–Trinajstić information content (AvgIpc) is 2.85. The van der Waals surface area contributed by atoms with E-state index in [2.05, 4.69) is 31.2 Å². The molecule has 2 rings (SSSR count). The first-order valence-corrected chi connectivity index (χ1v) is 6.91. The van der Waals surface area contributed by atoms with Gasteiger partial charge in [-0.15, -0.1) is 0 Å². The van der Waals surface area contributed by atoms with Crippen LogP contribution in [0.3, 0.4) is 0 Å². The lowest BCUT2D eigenvalue weighted by molar-refractivity contribution is 0.172. The van der Waals surface area contributed by atoms with Crippen LogP contribution in [0.25, 0.3) is 0 Å². The van der Waals surface area contributed by atoms with Crippen molar-refractivity contribution in [3.05, 3.63) is 39.3 Å². The first kappa shape index (κ1) is 12.5. The maximum Gasteiger partial charge on any atom is 0.222 e. The molecule has 0 aliphatic carbocycles. The molecule has 0 amide bonds. The first-order chi connectivity index (χ1) is 8.25. The van der Waals surface area contributed by atoms with E-state index in [1.54, 1.807) is 23.7 Å². The van der Waals surface area contributed by atoms with Gasteiger partial charge in [-0.25, -0.2) is 9.97 Å². The van der Waals surface area contributed by atoms with Crippen LogP contribution in [0.5, 0.6) is 0 Å². The van der Waals surface area contributed by atoms with Gasteiger partial charge in [0.2, 0.25) is 5.95 Å². The fourth-order valence-corrected chi connectivity index (χ4v) is 2.27. The van der Waals surface area contributed by atoms with Crippen molar-refractivity contribution in [2.45, 2.75) is 12.5 Å². The molecule has 0 saturated carbocycles. The van der Waals surface area contributed by atoms with E-state index < -0.39 is 6.10 Å². The number of halogens is 1. The molecule has 6 heteroatoms. The number of nitrogens with zero attached hydrogens (tertiary/aromatic N) is 2. The van der Waals surface area contributed by atoms with Crippen LogP contribution >= 0.6 is 27.3 Å². The molecular formula is C11H12BrN3OS. The number of aliphatic hydroxyl groups excluding tert-OH is 1. The summed E-state index contributed by atoms with van der Waals surface area (Å²) in [5.74, 6) is 0.575. The highest BCUT2D eigenvalue weighted by Crippen LogP contribution is 2.19. The predicted octanol–water partition coefficient (Wildman–Crippen LogP) is 2.84. The Balaban J connectivity index is 1.78. The summed E-state index contributed by atoms with van der Waals surface area (Å²) in [5.41, 5.74) is 0.966. The maximum atomic E-state index is 9.85. The Kier molecular flexibility index (Phi) is 4.47. The second-order valence-corrected chi connectivity index (χ2v) is 5.21. The molecule has 17 heavy (non-hydrogen) atoms. The molecule has 0 fully saturated rings. The Morgan fingerprint density at radius 3 is 2.82 bits per heavy atom. The molecule has 0 aliphatic heterocycles. The van der Waals surface area contributed by atoms with E-state index in [-0.39, 0.29) is 0 Å². The van der Waals surface area contributed by atoms with Crippen molar-refractivity contribution in [2.24, 2.45) is 0 Å². The van der Waals surface area contributed by atoms with E-state index in [1.807, 2.05) is 16.8 Å². The highest BCUT2D eigenvalue weighted by molar-refractivity contribution is 9.10. The van der Waals surface area contributed by atoms with Gasteiger partial charge in [0.15, 0.2) is 0 Å². The number of nitrogens with one attached hydrogen (secondary N) is 1. The van der Waals surface area contributed by atoms with E-state index in [9.17, 15) is 5.11 Å². The zero-order valence-electron chi connectivity index (χ0n) is 9.01. The van der Waals surface area contributed by atoms with Gasteiger partial charge >= 0.3 is 0 Å². The molecule has 0 spiro atoms. The van der Waals surface area contributed by atoms with Crippen molar-refractivity contribution < 1.29 is 5.11 Å². The minimum atomic E-state index is -0.427. The molecule has 0 aliphatic rings. The molecule has 1 unspecified atom stereocenters. The van der Waals surface area contributed by atoms with Gasteiger partial charge < -0.3 is 10.4 Å². The van der Waals surface area contributed by atoms with Gasteiger partial charge in [0.1, 0.15) is 0 Å². The minimum absolute atomic E-state index is 0.427. The zero-order chi connectivity index (χ0) is 12.1. The lowest BCUT2D eigenvalue weighted by atomic mass is 10.1. The lowest BCUT2D eigenvalue weighted by Gasteiger charge is -2.09. The van der Waals surface area contributed by atoms with Crippen LogP contribution in [0.2, 0.25) is 0 Å². The third-order valence-corrected chi connectivity index (χ3v) is 3.36. The van der Waals surface area contributed by atoms with Crippen LogP contribution in [-0.4, -0.2) is 21.6 Å². The second-order valence-electron chi connectivity index (χ2n) is 3.51. The Bertz CT molecular complexity index is 446. The van der Waals surface area contributed by atoms with Gasteiger partial charge in [-0.2, -0.15) is 11.3 Å². The SMILES string of the molecule is OC(CCNc1ncc(Br)cn1)c1ccsc1. The van der Waals surface area contributed by atoms with E-state index in [0.717, 1.165) is 10.0 Å². The van der Waals surface area contributed by atoms with Crippen molar-refractivity contribution >= 4 is 33.2 Å². The second kappa shape index (κ2) is 6.09. The number of hydrogen-bond acceptors (Lipinski definition) is 5. The fourth-order valence-electron chi connectivity index (χ4n) is 1.36. The third kappa shape index (κ3) is 3.76. The summed E-state index contributed by atoms with van der Waals surface area (Å²) in [6.07, 6.45) is 3.58. The van der Waals surface area contributed by atoms with Crippen LogP contribution in [-0.2, 0) is 0 Å². The van der Waals surface area contributed by atoms with Crippen molar-refractivity contribution in [3.63, 3.8) is 0 Å². The highest BCUT2D eigenvalue weighted by atomic mass is 79.9. The highest BCUT2D eigenvalue weighted by Gasteiger charge is 2.07. The van der Waals surface area contributed by atoms with E-state index in [4.69, 9.17) is 0 Å². The van der Waals surface area contributed by atoms with E-state index in [1.165, 1.54) is 0 Å². The van der Waals surface area contributed by atoms with E-state index in [0.29, 0.717) is 18.9 Å². The molecule has 0 aromatic carbocycles. The Morgan fingerprint density at radius 2 is 2.18 bits per heavy atom. The predicted molar refractivity (Wildman–Crippen MR) is 72.1 cm³/mol. The Morgan fingerprint density at radius 1 is 1.41 bits per heavy atom. The van der Waals surface area contributed by atoms with Gasteiger partial charge in [0.25, 0.3) is 0 Å². The summed E-state index contributed by atoms with van der Waals surface area (Å²) in [7, 11) is 0. The quantitative estimate of drug-likeness (QED) is 0.891. The standard InChI is InChI=1S/C11H12BrN3OS/c12-9-5-14-11(15-6-9)13-3-1-10(16)8-2-4-17-7-8/h2,4-7,10,16H,1,3H2,(H,13,14,15). The van der Waals surface area contributed by atoms with Crippen molar-refractivity contribution in [2.75, 3.05) is 11.9 Å². The molecule has 2 heterocycles. The summed E-state index contributed by atoms with van der Waals surface area (Å²) in [6.45, 7) is 0.638. The summed E-state index contributed by atoms with van der Waals surface area (Å²) >= 11 is 4.86. The summed E-state index contributed by atoms with van der Waals surface area (Å²) in [5, 5.41) is 16.8. The number of rotatable bonds is 5. The number of aromatic nitrogens is 2. The molecule has 2 aromatic rings. The van der Waals surface area contributed by atoms with Gasteiger partial charge in [-0.1, -0.05) is 0 Å². The van der Waals surface area contributed by atoms with Crippen LogP contribution in [0.4, 0.5) is 5.95 Å². The normalized spacial score (nSPS) is 12.4. The molecule has 4 nitrogen and oxygen atoms in total. The monoisotopic (exact) mass is 313 g/mol. The average molecular weight is 314 g/mol. The smallest absolute Gasteiger partial charge is 0.222 e. The third-order valence-electron chi connectivity index (χ3n) is 2.25. The molecule has 2 aromatic heterocycles. The van der Waals surface area contributed by atoms with Crippen LogP contribution < -0.4 is 5.32 Å². The maximum absolute atomic E-state index is 9.85. The topological polar surface area (TPSA) is 58.0 Å². The minimum Gasteiger partial charge on any atom is -0.388 e. The Labute approximate surface area is 112 Å². The van der Waals surface area contributed by atoms with Crippen molar-refractivity contribution in [1.29, 1.82) is 0 Å². The number of thiophene rings is 1. The van der Waals surface area contributed by atoms with Crippen molar-refractivity contribution in [3.8, 4) is 0 Å². The zero-order valence-corrected chi connectivity index (χ0v) is 11.4. The largest absolute Gasteiger partial charge is 0.388 e. The molecular weight excluding hydrogens is 302 g/mol. The molecule has 0 bridgehead atoms. The van der Waals surface area contributed by atoms with Crippen LogP contribution in [0.15, 0.2) is 33.7 Å². The lowest BCUT2D eigenvalue weighted by Crippen LogP contribution is -2.09. The number of aliphatic hydroxyl groups is 1. The Hall–Kier alpha value is -0.980. The van der Waals surface area contributed by atoms with E-state index >= 15 is 0 Å². The van der Waals surface area contributed by atoms with Crippen molar-refractivity contribution in [1.82, 2.24) is 9.97 Å².